The number of benzene rings is 2. The van der Waals surface area contributed by atoms with Crippen LogP contribution in [-0.4, -0.2) is 109 Å². The molecule has 7 aliphatic rings. The summed E-state index contributed by atoms with van der Waals surface area (Å²) in [6.45, 7) is 0. The van der Waals surface area contributed by atoms with E-state index in [-0.39, 0.29) is 5.57 Å². The van der Waals surface area contributed by atoms with Crippen molar-refractivity contribution < 1.29 is 76.4 Å². The molecule has 62 heavy (non-hydrogen) atoms. The first-order valence-corrected chi connectivity index (χ1v) is 20.8. The Balaban J connectivity index is 1.48. The number of ketones is 1. The molecule has 4 bridgehead atoms. The monoisotopic (exact) mass is 986 g/mol. The number of esters is 4. The maximum absolute atomic E-state index is 15.5. The van der Waals surface area contributed by atoms with Crippen molar-refractivity contribution in [3.8, 4) is 23.0 Å². The summed E-state index contributed by atoms with van der Waals surface area (Å²) < 4.78 is 57.7. The van der Waals surface area contributed by atoms with Gasteiger partial charge in [0.1, 0.15) is 6.10 Å². The molecule has 0 radical (unpaired) electrons. The summed E-state index contributed by atoms with van der Waals surface area (Å²) in [5.41, 5.74) is 1.61. The van der Waals surface area contributed by atoms with Crippen molar-refractivity contribution in [2.75, 3.05) is 56.9 Å². The van der Waals surface area contributed by atoms with Crippen LogP contribution in [0.3, 0.4) is 0 Å². The van der Waals surface area contributed by atoms with E-state index in [0.29, 0.717) is 48.6 Å². The van der Waals surface area contributed by atoms with E-state index in [4.69, 9.17) is 47.4 Å². The SMILES string of the molecule is COC(=O)/C=C/C1=C[C@@H]2[C@H](c3cc(OC)c(OC)cc3Br)[C@@H](C(=O)OC)[C@H]1C(=O)[C@@]21O[C@H]2[C@H]3C=C(/C=C/C(=O)OC)[C@H]([C@@H](C(=O)OC)[C@@H]3c3cc(OC)c(OC)cc3Br)[C@@]2(O)O1. The third-order valence-electron chi connectivity index (χ3n) is 12.6. The molecule has 0 unspecified atom stereocenters. The van der Waals surface area contributed by atoms with Crippen LogP contribution in [0.2, 0.25) is 0 Å². The number of aliphatic hydroxyl groups is 1. The van der Waals surface area contributed by atoms with E-state index in [1.807, 2.05) is 0 Å². The first-order chi connectivity index (χ1) is 29.6. The number of allylic oxidation sites excluding steroid dienone is 3. The molecule has 6 aliphatic carbocycles. The number of hydrogen-bond acceptors (Lipinski definition) is 16. The van der Waals surface area contributed by atoms with E-state index in [0.717, 1.165) is 12.2 Å². The highest BCUT2D eigenvalue weighted by Gasteiger charge is 2.78. The number of carbonyl (C=O) groups excluding carboxylic acids is 5. The van der Waals surface area contributed by atoms with Gasteiger partial charge >= 0.3 is 23.9 Å². The Bertz CT molecular complexity index is 2340. The molecule has 1 saturated heterocycles. The van der Waals surface area contributed by atoms with Crippen LogP contribution < -0.4 is 18.9 Å². The van der Waals surface area contributed by atoms with Crippen LogP contribution in [0.15, 0.2) is 80.8 Å². The molecule has 1 N–H and O–H groups in total. The Morgan fingerprint density at radius 1 is 0.661 bits per heavy atom. The summed E-state index contributed by atoms with van der Waals surface area (Å²) in [7, 11) is 10.7. The zero-order valence-corrected chi connectivity index (χ0v) is 38.0. The largest absolute Gasteiger partial charge is 0.493 e. The van der Waals surface area contributed by atoms with Gasteiger partial charge in [-0.05, 0) is 46.5 Å². The zero-order valence-electron chi connectivity index (χ0n) is 34.8. The van der Waals surface area contributed by atoms with Crippen LogP contribution in [-0.2, 0) is 52.4 Å². The normalized spacial score (nSPS) is 31.7. The van der Waals surface area contributed by atoms with Gasteiger partial charge in [0.25, 0.3) is 0 Å². The van der Waals surface area contributed by atoms with Gasteiger partial charge in [0.05, 0.1) is 80.6 Å². The van der Waals surface area contributed by atoms with Crippen molar-refractivity contribution in [1.29, 1.82) is 0 Å². The lowest BCUT2D eigenvalue weighted by Gasteiger charge is -2.54. The lowest BCUT2D eigenvalue weighted by molar-refractivity contribution is -0.288. The topological polar surface area (TPSA) is 198 Å². The van der Waals surface area contributed by atoms with E-state index >= 15 is 4.79 Å². The highest BCUT2D eigenvalue weighted by atomic mass is 79.9. The summed E-state index contributed by atoms with van der Waals surface area (Å²) in [5, 5.41) is 13.3. The number of ether oxygens (including phenoxy) is 10. The number of hydrogen-bond donors (Lipinski definition) is 1. The van der Waals surface area contributed by atoms with Gasteiger partial charge in [0.2, 0.25) is 17.4 Å². The zero-order chi connectivity index (χ0) is 45.0. The number of rotatable bonds is 12. The minimum Gasteiger partial charge on any atom is -0.493 e. The minimum absolute atomic E-state index is 0.274. The Labute approximate surface area is 373 Å². The Morgan fingerprint density at radius 3 is 1.65 bits per heavy atom. The molecule has 3 fully saturated rings. The average Bonchev–Trinajstić information content (AvgIpc) is 3.62. The van der Waals surface area contributed by atoms with E-state index in [9.17, 15) is 24.3 Å². The van der Waals surface area contributed by atoms with Gasteiger partial charge in [-0.2, -0.15) is 0 Å². The van der Waals surface area contributed by atoms with Gasteiger partial charge in [0.15, 0.2) is 23.0 Å². The fourth-order valence-electron chi connectivity index (χ4n) is 10.1. The van der Waals surface area contributed by atoms with Crippen LogP contribution in [0.1, 0.15) is 23.0 Å². The van der Waals surface area contributed by atoms with Crippen LogP contribution in [0.25, 0.3) is 0 Å². The van der Waals surface area contributed by atoms with Crippen LogP contribution in [0, 0.1) is 35.5 Å². The molecular weight excluding hydrogens is 944 g/mol. The van der Waals surface area contributed by atoms with Crippen LogP contribution in [0.5, 0.6) is 23.0 Å². The second-order valence-corrected chi connectivity index (χ2v) is 16.8. The maximum atomic E-state index is 15.5. The fraction of sp³-hybridized carbons (Fsp3) is 0.432. The predicted octanol–water partition coefficient (Wildman–Crippen LogP) is 4.89. The maximum Gasteiger partial charge on any atom is 0.330 e. The second-order valence-electron chi connectivity index (χ2n) is 15.1. The second kappa shape index (κ2) is 17.3. The van der Waals surface area contributed by atoms with E-state index in [1.54, 1.807) is 36.4 Å². The molecule has 2 saturated carbocycles. The number of methoxy groups -OCH3 is 8. The average molecular weight is 989 g/mol. The van der Waals surface area contributed by atoms with Crippen LogP contribution >= 0.6 is 31.9 Å². The van der Waals surface area contributed by atoms with Gasteiger partial charge in [-0.25, -0.2) is 9.59 Å². The molecule has 11 atom stereocenters. The summed E-state index contributed by atoms with van der Waals surface area (Å²) in [5.74, 6) is -16.2. The lowest BCUT2D eigenvalue weighted by atomic mass is 9.53. The number of fused-ring (bicyclic) bond motifs is 2. The molecule has 330 valence electrons. The molecular formula is C44H44Br2O16. The highest BCUT2D eigenvalue weighted by Crippen LogP contribution is 2.68. The highest BCUT2D eigenvalue weighted by molar-refractivity contribution is 9.10. The Morgan fingerprint density at radius 2 is 1.15 bits per heavy atom. The molecule has 0 aromatic heterocycles. The third kappa shape index (κ3) is 6.94. The third-order valence-corrected chi connectivity index (χ3v) is 13.9. The lowest BCUT2D eigenvalue weighted by Crippen LogP contribution is -2.65. The molecule has 2 aromatic carbocycles. The smallest absolute Gasteiger partial charge is 0.330 e. The van der Waals surface area contributed by atoms with Crippen molar-refractivity contribution >= 4 is 61.5 Å². The van der Waals surface area contributed by atoms with E-state index in [2.05, 4.69) is 31.9 Å². The molecule has 2 aromatic rings. The minimum atomic E-state index is -2.45. The predicted molar refractivity (Wildman–Crippen MR) is 222 cm³/mol. The molecule has 1 aliphatic heterocycles. The van der Waals surface area contributed by atoms with Gasteiger partial charge in [-0.3, -0.25) is 14.4 Å². The van der Waals surface area contributed by atoms with E-state index < -0.39 is 94.7 Å². The van der Waals surface area contributed by atoms with Crippen molar-refractivity contribution in [2.24, 2.45) is 35.5 Å². The summed E-state index contributed by atoms with van der Waals surface area (Å²) in [4.78, 5) is 68.7. The van der Waals surface area contributed by atoms with Gasteiger partial charge in [-0.1, -0.05) is 56.2 Å². The van der Waals surface area contributed by atoms with Crippen molar-refractivity contribution in [2.45, 2.75) is 29.5 Å². The first-order valence-electron chi connectivity index (χ1n) is 19.2. The standard InChI is InChI=1S/C44H44Br2O16/c1-53-27-15-21(25(45)17-29(27)55-3)34-23-13-20(10-12-32(48)58-6)38(37(34)42(51)60-8)43(52)40(23)61-44(62-43)24-14-19(9-11-31(47)57-5)33(39(44)49)36(41(50)59-7)35(24)22-16-28(54-2)30(56-4)18-26(22)46/h9-18,23-24,33-38,40,52H,1-8H3/b11-9+,12-10+/t23-,24+,33-,34+,35-,36-,37-,38+,40-,43+,44+/m0/s1. The Hall–Kier alpha value is -5.01. The quantitative estimate of drug-likeness (QED) is 0.171. The molecule has 1 spiro atoms. The summed E-state index contributed by atoms with van der Waals surface area (Å²) >= 11 is 7.32. The fourth-order valence-corrected chi connectivity index (χ4v) is 11.2. The van der Waals surface area contributed by atoms with Crippen molar-refractivity contribution in [1.82, 2.24) is 0 Å². The number of halogens is 2. The number of carbonyl (C=O) groups is 5. The number of Topliss-reactive ketones (excluding diaryl/α,β-unsaturated/α-hetero) is 1. The van der Waals surface area contributed by atoms with E-state index in [1.165, 1.54) is 69.0 Å². The Kier molecular flexibility index (Phi) is 12.5. The first kappa shape index (κ1) is 45.0. The molecule has 9 rings (SSSR count). The van der Waals surface area contributed by atoms with Crippen molar-refractivity contribution in [3.05, 3.63) is 91.9 Å². The van der Waals surface area contributed by atoms with Gasteiger partial charge in [0, 0.05) is 44.8 Å². The summed E-state index contributed by atoms with van der Waals surface area (Å²) in [6, 6.07) is 6.70. The molecule has 1 heterocycles. The van der Waals surface area contributed by atoms with Gasteiger partial charge < -0.3 is 52.5 Å². The molecule has 18 heteroatoms. The van der Waals surface area contributed by atoms with Gasteiger partial charge in [-0.15, -0.1) is 0 Å². The van der Waals surface area contributed by atoms with Crippen LogP contribution in [0.4, 0.5) is 0 Å². The molecule has 16 nitrogen and oxygen atoms in total. The molecule has 0 amide bonds. The summed E-state index contributed by atoms with van der Waals surface area (Å²) in [6.07, 6.45) is 7.17. The van der Waals surface area contributed by atoms with Crippen molar-refractivity contribution in [3.63, 3.8) is 0 Å².